The van der Waals surface area contributed by atoms with E-state index in [4.69, 9.17) is 4.74 Å². The number of aliphatic imine (C=N–C) groups is 1. The molecule has 2 aliphatic heterocycles. The maximum Gasteiger partial charge on any atom is 0.0590 e. The average molecular weight is 299 g/mol. The zero-order chi connectivity index (χ0) is 13.2. The van der Waals surface area contributed by atoms with Gasteiger partial charge in [0.15, 0.2) is 0 Å². The number of nitrogens with zero attached hydrogens (tertiary/aromatic N) is 1. The van der Waals surface area contributed by atoms with Gasteiger partial charge in [-0.1, -0.05) is 19.4 Å². The van der Waals surface area contributed by atoms with E-state index < -0.39 is 0 Å². The van der Waals surface area contributed by atoms with Crippen molar-refractivity contribution in [3.8, 4) is 0 Å². The average Bonchev–Trinajstić information content (AvgIpc) is 2.79. The standard InChI is InChI=1S/C16H26N2O.ClH/c1-3-4-9-19-12-5-6-13-14-7-8-17-11(2)16(14)18-15(13)10-12;/h7-8,12-16,18H,3-6,9-10H2,1-2H3;1H. The predicted octanol–water partition coefficient (Wildman–Crippen LogP) is 3.34. The number of ether oxygens (including phenoxy) is 1. The lowest BCUT2D eigenvalue weighted by Gasteiger charge is -2.33. The van der Waals surface area contributed by atoms with Gasteiger partial charge in [0.1, 0.15) is 0 Å². The first-order valence-corrected chi connectivity index (χ1v) is 7.88. The third kappa shape index (κ3) is 3.10. The molecule has 1 saturated carbocycles. The van der Waals surface area contributed by atoms with Gasteiger partial charge in [0.2, 0.25) is 0 Å². The molecule has 0 spiro atoms. The molecule has 114 valence electrons. The largest absolute Gasteiger partial charge is 0.378 e. The molecule has 1 aliphatic carbocycles. The lowest BCUT2D eigenvalue weighted by Crippen LogP contribution is -2.40. The Kier molecular flexibility index (Phi) is 5.65. The van der Waals surface area contributed by atoms with Crippen molar-refractivity contribution in [2.75, 3.05) is 6.61 Å². The van der Waals surface area contributed by atoms with Crippen LogP contribution in [0.5, 0.6) is 0 Å². The molecule has 20 heavy (non-hydrogen) atoms. The van der Waals surface area contributed by atoms with Crippen LogP contribution in [0.1, 0.15) is 46.0 Å². The summed E-state index contributed by atoms with van der Waals surface area (Å²) in [6.45, 7) is 5.31. The molecule has 0 amide bonds. The Hall–Kier alpha value is -0.380. The van der Waals surface area contributed by atoms with Gasteiger partial charge in [-0.15, -0.1) is 12.4 Å². The number of hydrogen-bond acceptors (Lipinski definition) is 3. The van der Waals surface area contributed by atoms with Crippen LogP contribution in [-0.4, -0.2) is 30.5 Å². The zero-order valence-corrected chi connectivity index (χ0v) is 13.4. The summed E-state index contributed by atoms with van der Waals surface area (Å²) < 4.78 is 6.02. The van der Waals surface area contributed by atoms with E-state index in [1.807, 2.05) is 6.20 Å². The van der Waals surface area contributed by atoms with Crippen molar-refractivity contribution in [1.82, 2.24) is 5.32 Å². The van der Waals surface area contributed by atoms with Gasteiger partial charge >= 0.3 is 0 Å². The molecule has 0 bridgehead atoms. The van der Waals surface area contributed by atoms with Gasteiger partial charge in [-0.25, -0.2) is 0 Å². The second-order valence-corrected chi connectivity index (χ2v) is 6.26. The molecular formula is C16H27ClN2O. The number of hydrogen-bond donors (Lipinski definition) is 1. The van der Waals surface area contributed by atoms with Crippen LogP contribution in [0.2, 0.25) is 0 Å². The highest BCUT2D eigenvalue weighted by Crippen LogP contribution is 2.40. The minimum absolute atomic E-state index is 0. The first-order chi connectivity index (χ1) is 9.29. The first-order valence-electron chi connectivity index (χ1n) is 7.88. The number of unbranched alkanes of at least 4 members (excludes halogenated alkanes) is 1. The highest BCUT2D eigenvalue weighted by atomic mass is 35.5. The van der Waals surface area contributed by atoms with Crippen LogP contribution in [0.25, 0.3) is 0 Å². The number of fused-ring (bicyclic) bond motifs is 3. The van der Waals surface area contributed by atoms with Gasteiger partial charge in [0.05, 0.1) is 12.1 Å². The number of rotatable bonds is 4. The summed E-state index contributed by atoms with van der Waals surface area (Å²) in [6, 6.07) is 1.11. The normalized spacial score (nSPS) is 38.7. The van der Waals surface area contributed by atoms with Crippen LogP contribution >= 0.6 is 12.4 Å². The molecule has 0 aromatic rings. The highest BCUT2D eigenvalue weighted by Gasteiger charge is 2.46. The summed E-state index contributed by atoms with van der Waals surface area (Å²) in [5.41, 5.74) is 1.25. The molecule has 3 rings (SSSR count). The Morgan fingerprint density at radius 2 is 2.25 bits per heavy atom. The summed E-state index contributed by atoms with van der Waals surface area (Å²) in [7, 11) is 0. The molecule has 5 atom stereocenters. The summed E-state index contributed by atoms with van der Waals surface area (Å²) in [5.74, 6) is 1.46. The quantitative estimate of drug-likeness (QED) is 0.808. The highest BCUT2D eigenvalue weighted by molar-refractivity contribution is 5.89. The third-order valence-electron chi connectivity index (χ3n) is 5.02. The monoisotopic (exact) mass is 298 g/mol. The van der Waals surface area contributed by atoms with Crippen LogP contribution in [0.4, 0.5) is 0 Å². The second-order valence-electron chi connectivity index (χ2n) is 6.26. The fourth-order valence-corrected chi connectivity index (χ4v) is 3.94. The van der Waals surface area contributed by atoms with Crippen molar-refractivity contribution >= 4 is 18.1 Å². The van der Waals surface area contributed by atoms with Crippen molar-refractivity contribution < 1.29 is 4.74 Å². The van der Waals surface area contributed by atoms with Gasteiger partial charge < -0.3 is 10.1 Å². The Morgan fingerprint density at radius 1 is 1.40 bits per heavy atom. The fourth-order valence-electron chi connectivity index (χ4n) is 3.94. The SMILES string of the molecule is CCCCOC1CCC2C(C1)NC1C(C)=NC=CC12.Cl. The minimum Gasteiger partial charge on any atom is -0.378 e. The van der Waals surface area contributed by atoms with Gasteiger partial charge in [-0.2, -0.15) is 0 Å². The smallest absolute Gasteiger partial charge is 0.0590 e. The molecule has 2 fully saturated rings. The molecular weight excluding hydrogens is 272 g/mol. The second kappa shape index (κ2) is 7.06. The van der Waals surface area contributed by atoms with E-state index in [2.05, 4.69) is 30.2 Å². The Labute approximate surface area is 128 Å². The molecule has 1 saturated heterocycles. The van der Waals surface area contributed by atoms with E-state index in [9.17, 15) is 0 Å². The van der Waals surface area contributed by atoms with Crippen molar-refractivity contribution in [2.45, 2.75) is 64.1 Å². The maximum atomic E-state index is 6.02. The number of nitrogens with one attached hydrogen (secondary N) is 1. The van der Waals surface area contributed by atoms with E-state index >= 15 is 0 Å². The van der Waals surface area contributed by atoms with Crippen LogP contribution in [0, 0.1) is 11.8 Å². The topological polar surface area (TPSA) is 33.6 Å². The third-order valence-corrected chi connectivity index (χ3v) is 5.02. The molecule has 3 aliphatic rings. The van der Waals surface area contributed by atoms with Crippen LogP contribution < -0.4 is 5.32 Å². The fraction of sp³-hybridized carbons (Fsp3) is 0.812. The van der Waals surface area contributed by atoms with Crippen molar-refractivity contribution in [3.05, 3.63) is 12.3 Å². The number of halogens is 1. The van der Waals surface area contributed by atoms with Crippen molar-refractivity contribution in [1.29, 1.82) is 0 Å². The van der Waals surface area contributed by atoms with E-state index in [1.54, 1.807) is 0 Å². The van der Waals surface area contributed by atoms with E-state index in [1.165, 1.54) is 37.8 Å². The molecule has 0 aromatic carbocycles. The summed E-state index contributed by atoms with van der Waals surface area (Å²) in [6.07, 6.45) is 10.9. The predicted molar refractivity (Wildman–Crippen MR) is 85.7 cm³/mol. The van der Waals surface area contributed by atoms with Crippen molar-refractivity contribution in [2.24, 2.45) is 16.8 Å². The first kappa shape index (κ1) is 16.0. The Bertz CT molecular complexity index is 383. The van der Waals surface area contributed by atoms with Crippen LogP contribution in [0.15, 0.2) is 17.3 Å². The van der Waals surface area contributed by atoms with Gasteiger partial charge in [0.25, 0.3) is 0 Å². The Balaban J connectivity index is 0.00000147. The molecule has 5 unspecified atom stereocenters. The van der Waals surface area contributed by atoms with Crippen LogP contribution in [0.3, 0.4) is 0 Å². The summed E-state index contributed by atoms with van der Waals surface area (Å²) >= 11 is 0. The zero-order valence-electron chi connectivity index (χ0n) is 12.5. The van der Waals surface area contributed by atoms with Crippen LogP contribution in [-0.2, 0) is 4.74 Å². The van der Waals surface area contributed by atoms with Crippen molar-refractivity contribution in [3.63, 3.8) is 0 Å². The summed E-state index contributed by atoms with van der Waals surface area (Å²) in [4.78, 5) is 4.45. The molecule has 3 nitrogen and oxygen atoms in total. The molecule has 1 N–H and O–H groups in total. The molecule has 0 aromatic heterocycles. The van der Waals surface area contributed by atoms with E-state index in [0.29, 0.717) is 24.1 Å². The minimum atomic E-state index is 0. The maximum absolute atomic E-state index is 6.02. The lowest BCUT2D eigenvalue weighted by molar-refractivity contribution is 0.00924. The molecule has 2 heterocycles. The Morgan fingerprint density at radius 3 is 3.05 bits per heavy atom. The lowest BCUT2D eigenvalue weighted by atomic mass is 9.76. The van der Waals surface area contributed by atoms with E-state index in [0.717, 1.165) is 12.5 Å². The summed E-state index contributed by atoms with van der Waals surface area (Å²) in [5, 5.41) is 3.80. The molecule has 0 radical (unpaired) electrons. The van der Waals surface area contributed by atoms with E-state index in [-0.39, 0.29) is 12.4 Å². The van der Waals surface area contributed by atoms with Gasteiger partial charge in [0, 0.05) is 30.5 Å². The van der Waals surface area contributed by atoms with Gasteiger partial charge in [-0.05, 0) is 38.5 Å². The van der Waals surface area contributed by atoms with Gasteiger partial charge in [-0.3, -0.25) is 4.99 Å². The molecule has 4 heteroatoms.